The molecule has 0 amide bonds. The molecule has 140 valence electrons. The van der Waals surface area contributed by atoms with E-state index in [1.54, 1.807) is 27.7 Å². The van der Waals surface area contributed by atoms with Crippen LogP contribution in [0.1, 0.15) is 34.1 Å². The van der Waals surface area contributed by atoms with E-state index in [4.69, 9.17) is 18.4 Å². The van der Waals surface area contributed by atoms with Gasteiger partial charge in [-0.05, 0) is 27.2 Å². The Kier molecular flexibility index (Phi) is 6.40. The Hall–Kier alpha value is -1.19. The molecule has 0 saturated carbocycles. The number of methoxy groups -OCH3 is 1. The van der Waals surface area contributed by atoms with Gasteiger partial charge in [-0.25, -0.2) is 0 Å². The standard InChI is InChI=1S/C15H26O8S/c1-10(12(16)22-14(2,3)4)7-15(13(17)20-5)9-21-8-11(15)23-24(6,18)19/h10-11H,7-9H2,1-6H3. The van der Waals surface area contributed by atoms with Gasteiger partial charge in [0.25, 0.3) is 10.1 Å². The minimum absolute atomic E-state index is 0.00519. The second kappa shape index (κ2) is 7.37. The van der Waals surface area contributed by atoms with Gasteiger partial charge in [0.2, 0.25) is 0 Å². The molecular weight excluding hydrogens is 340 g/mol. The maximum absolute atomic E-state index is 12.3. The summed E-state index contributed by atoms with van der Waals surface area (Å²) in [4.78, 5) is 24.6. The van der Waals surface area contributed by atoms with Crippen LogP contribution in [0.15, 0.2) is 0 Å². The van der Waals surface area contributed by atoms with Crippen molar-refractivity contribution < 1.29 is 36.4 Å². The van der Waals surface area contributed by atoms with E-state index in [0.29, 0.717) is 0 Å². The molecule has 1 aliphatic heterocycles. The lowest BCUT2D eigenvalue weighted by Crippen LogP contribution is -2.47. The lowest BCUT2D eigenvalue weighted by Gasteiger charge is -2.32. The Morgan fingerprint density at radius 1 is 1.33 bits per heavy atom. The second-order valence-electron chi connectivity index (χ2n) is 7.09. The summed E-state index contributed by atoms with van der Waals surface area (Å²) in [6.07, 6.45) is -0.163. The van der Waals surface area contributed by atoms with E-state index < -0.39 is 45.1 Å². The molecule has 0 N–H and O–H groups in total. The molecule has 3 atom stereocenters. The van der Waals surface area contributed by atoms with E-state index in [0.717, 1.165) is 6.26 Å². The van der Waals surface area contributed by atoms with E-state index >= 15 is 0 Å². The molecule has 0 aliphatic carbocycles. The Labute approximate surface area is 142 Å². The Balaban J connectivity index is 3.04. The smallest absolute Gasteiger partial charge is 0.317 e. The highest BCUT2D eigenvalue weighted by atomic mass is 32.2. The zero-order valence-corrected chi connectivity index (χ0v) is 15.8. The molecule has 0 aromatic carbocycles. The molecular formula is C15H26O8S. The van der Waals surface area contributed by atoms with Gasteiger partial charge in [0.05, 0.1) is 32.5 Å². The molecule has 0 bridgehead atoms. The van der Waals surface area contributed by atoms with Gasteiger partial charge < -0.3 is 14.2 Å². The molecule has 1 aliphatic rings. The van der Waals surface area contributed by atoms with Crippen LogP contribution in [0.2, 0.25) is 0 Å². The molecule has 3 unspecified atom stereocenters. The first kappa shape index (κ1) is 20.9. The van der Waals surface area contributed by atoms with Gasteiger partial charge in [0.1, 0.15) is 17.1 Å². The number of carbonyl (C=O) groups excluding carboxylic acids is 2. The third-order valence-electron chi connectivity index (χ3n) is 3.61. The minimum Gasteiger partial charge on any atom is -0.468 e. The van der Waals surface area contributed by atoms with Crippen LogP contribution >= 0.6 is 0 Å². The van der Waals surface area contributed by atoms with E-state index in [9.17, 15) is 18.0 Å². The fourth-order valence-corrected chi connectivity index (χ4v) is 3.29. The SMILES string of the molecule is COC(=O)C1(CC(C)C(=O)OC(C)(C)C)COCC1OS(C)(=O)=O. The maximum Gasteiger partial charge on any atom is 0.317 e. The van der Waals surface area contributed by atoms with Crippen LogP contribution in [0.3, 0.4) is 0 Å². The molecule has 24 heavy (non-hydrogen) atoms. The van der Waals surface area contributed by atoms with Crippen molar-refractivity contribution >= 4 is 22.1 Å². The van der Waals surface area contributed by atoms with Crippen molar-refractivity contribution in [3.63, 3.8) is 0 Å². The first-order valence-electron chi connectivity index (χ1n) is 7.58. The van der Waals surface area contributed by atoms with Crippen molar-refractivity contribution in [2.24, 2.45) is 11.3 Å². The van der Waals surface area contributed by atoms with Crippen LogP contribution in [0, 0.1) is 11.3 Å². The first-order valence-corrected chi connectivity index (χ1v) is 9.39. The second-order valence-corrected chi connectivity index (χ2v) is 8.69. The molecule has 8 nitrogen and oxygen atoms in total. The topological polar surface area (TPSA) is 105 Å². The van der Waals surface area contributed by atoms with Gasteiger partial charge in [-0.2, -0.15) is 8.42 Å². The summed E-state index contributed by atoms with van der Waals surface area (Å²) in [5, 5.41) is 0. The summed E-state index contributed by atoms with van der Waals surface area (Å²) >= 11 is 0. The zero-order chi connectivity index (χ0) is 18.8. The summed E-state index contributed by atoms with van der Waals surface area (Å²) in [7, 11) is -2.62. The lowest BCUT2D eigenvalue weighted by molar-refractivity contribution is -0.165. The number of carbonyl (C=O) groups is 2. The minimum atomic E-state index is -3.81. The van der Waals surface area contributed by atoms with E-state index in [1.165, 1.54) is 7.11 Å². The van der Waals surface area contributed by atoms with Crippen LogP contribution < -0.4 is 0 Å². The van der Waals surface area contributed by atoms with Gasteiger partial charge in [0.15, 0.2) is 0 Å². The third kappa shape index (κ3) is 5.42. The Morgan fingerprint density at radius 3 is 2.38 bits per heavy atom. The third-order valence-corrected chi connectivity index (χ3v) is 4.19. The molecule has 0 radical (unpaired) electrons. The van der Waals surface area contributed by atoms with Crippen molar-refractivity contribution in [3.8, 4) is 0 Å². The molecule has 1 saturated heterocycles. The number of rotatable bonds is 6. The van der Waals surface area contributed by atoms with Crippen molar-refractivity contribution in [3.05, 3.63) is 0 Å². The number of esters is 2. The van der Waals surface area contributed by atoms with Crippen molar-refractivity contribution in [2.45, 2.75) is 45.8 Å². The molecule has 0 aromatic heterocycles. The molecule has 9 heteroatoms. The average molecular weight is 366 g/mol. The summed E-state index contributed by atoms with van der Waals surface area (Å²) in [5.41, 5.74) is -2.05. The highest BCUT2D eigenvalue weighted by Crippen LogP contribution is 2.40. The van der Waals surface area contributed by atoms with Gasteiger partial charge >= 0.3 is 11.9 Å². The van der Waals surface area contributed by atoms with Crippen molar-refractivity contribution in [2.75, 3.05) is 26.6 Å². The van der Waals surface area contributed by atoms with Gasteiger partial charge in [-0.1, -0.05) is 6.92 Å². The van der Waals surface area contributed by atoms with Crippen LogP contribution in [-0.2, 0) is 38.1 Å². The highest BCUT2D eigenvalue weighted by molar-refractivity contribution is 7.86. The van der Waals surface area contributed by atoms with Crippen LogP contribution in [-0.4, -0.2) is 58.6 Å². The zero-order valence-electron chi connectivity index (χ0n) is 15.0. The van der Waals surface area contributed by atoms with Gasteiger partial charge in [-0.3, -0.25) is 13.8 Å². The largest absolute Gasteiger partial charge is 0.468 e. The number of ether oxygens (including phenoxy) is 3. The Morgan fingerprint density at radius 2 is 1.92 bits per heavy atom. The molecule has 1 rings (SSSR count). The molecule has 1 fully saturated rings. The Bertz CT molecular complexity index is 577. The predicted octanol–water partition coefficient (Wildman–Crippen LogP) is 0.889. The predicted molar refractivity (Wildman–Crippen MR) is 84.6 cm³/mol. The number of hydrogen-bond donors (Lipinski definition) is 0. The maximum atomic E-state index is 12.3. The summed E-state index contributed by atoms with van der Waals surface area (Å²) in [5.74, 6) is -1.84. The first-order chi connectivity index (χ1) is 10.8. The fourth-order valence-electron chi connectivity index (χ4n) is 2.63. The van der Waals surface area contributed by atoms with Crippen LogP contribution in [0.25, 0.3) is 0 Å². The summed E-state index contributed by atoms with van der Waals surface area (Å²) in [6.45, 7) is 6.65. The molecule has 0 aromatic rings. The van der Waals surface area contributed by atoms with Crippen LogP contribution in [0.4, 0.5) is 0 Å². The lowest BCUT2D eigenvalue weighted by atomic mass is 9.77. The number of hydrogen-bond acceptors (Lipinski definition) is 8. The normalized spacial score (nSPS) is 26.0. The van der Waals surface area contributed by atoms with Gasteiger partial charge in [0, 0.05) is 0 Å². The van der Waals surface area contributed by atoms with E-state index in [1.807, 2.05) is 0 Å². The average Bonchev–Trinajstić information content (AvgIpc) is 2.77. The van der Waals surface area contributed by atoms with E-state index in [2.05, 4.69) is 0 Å². The quantitative estimate of drug-likeness (QED) is 0.504. The molecule has 1 heterocycles. The summed E-state index contributed by atoms with van der Waals surface area (Å²) < 4.78 is 43.4. The summed E-state index contributed by atoms with van der Waals surface area (Å²) in [6, 6.07) is 0. The molecule has 0 spiro atoms. The monoisotopic (exact) mass is 366 g/mol. The van der Waals surface area contributed by atoms with Crippen molar-refractivity contribution in [1.29, 1.82) is 0 Å². The highest BCUT2D eigenvalue weighted by Gasteiger charge is 2.55. The van der Waals surface area contributed by atoms with E-state index in [-0.39, 0.29) is 19.6 Å². The van der Waals surface area contributed by atoms with Crippen molar-refractivity contribution in [1.82, 2.24) is 0 Å². The fraction of sp³-hybridized carbons (Fsp3) is 0.867. The van der Waals surface area contributed by atoms with Crippen LogP contribution in [0.5, 0.6) is 0 Å². The van der Waals surface area contributed by atoms with Gasteiger partial charge in [-0.15, -0.1) is 0 Å².